The molecule has 0 spiro atoms. The monoisotopic (exact) mass is 348 g/mol. The van der Waals surface area contributed by atoms with Gasteiger partial charge in [0.1, 0.15) is 0 Å². The fraction of sp³-hybridized carbons (Fsp3) is 0.364. The molecule has 4 rings (SSSR count). The van der Waals surface area contributed by atoms with Crippen LogP contribution in [0.3, 0.4) is 0 Å². The molecule has 2 aliphatic rings. The number of aryl methyl sites for hydroxylation is 1. The van der Waals surface area contributed by atoms with E-state index in [1.54, 1.807) is 0 Å². The van der Waals surface area contributed by atoms with Crippen LogP contribution in [0, 0.1) is 5.92 Å². The highest BCUT2D eigenvalue weighted by Crippen LogP contribution is 2.37. The van der Waals surface area contributed by atoms with Gasteiger partial charge < -0.3 is 10.2 Å². The van der Waals surface area contributed by atoms with Gasteiger partial charge in [-0.1, -0.05) is 31.5 Å². The third-order valence-corrected chi connectivity index (χ3v) is 5.19. The van der Waals surface area contributed by atoms with Crippen molar-refractivity contribution in [1.29, 1.82) is 0 Å². The van der Waals surface area contributed by atoms with E-state index in [1.807, 2.05) is 47.4 Å². The van der Waals surface area contributed by atoms with E-state index in [0.29, 0.717) is 5.56 Å². The molecule has 0 bridgehead atoms. The van der Waals surface area contributed by atoms with Gasteiger partial charge in [-0.3, -0.25) is 9.59 Å². The maximum Gasteiger partial charge on any atom is 0.255 e. The second-order valence-corrected chi connectivity index (χ2v) is 7.26. The van der Waals surface area contributed by atoms with Gasteiger partial charge in [-0.2, -0.15) is 0 Å². The fourth-order valence-corrected chi connectivity index (χ4v) is 3.55. The summed E-state index contributed by atoms with van der Waals surface area (Å²) in [6, 6.07) is 13.6. The Morgan fingerprint density at radius 1 is 1.12 bits per heavy atom. The molecule has 26 heavy (non-hydrogen) atoms. The molecule has 1 aliphatic heterocycles. The zero-order valence-corrected chi connectivity index (χ0v) is 15.1. The van der Waals surface area contributed by atoms with Crippen LogP contribution in [0.4, 0.5) is 11.4 Å². The van der Waals surface area contributed by atoms with Crippen molar-refractivity contribution in [1.82, 2.24) is 0 Å². The number of hydrogen-bond acceptors (Lipinski definition) is 2. The van der Waals surface area contributed by atoms with Gasteiger partial charge in [0.15, 0.2) is 0 Å². The van der Waals surface area contributed by atoms with E-state index in [0.717, 1.165) is 50.0 Å². The molecule has 0 unspecified atom stereocenters. The number of hydrogen-bond donors (Lipinski definition) is 1. The molecule has 4 heteroatoms. The molecule has 0 aromatic heterocycles. The summed E-state index contributed by atoms with van der Waals surface area (Å²) < 4.78 is 0. The van der Waals surface area contributed by atoms with E-state index in [2.05, 4.69) is 12.2 Å². The Bertz CT molecular complexity index is 838. The molecule has 2 amide bonds. The summed E-state index contributed by atoms with van der Waals surface area (Å²) in [6.07, 6.45) is 5.03. The number of carbonyl (C=O) groups excluding carboxylic acids is 2. The number of fused-ring (bicyclic) bond motifs is 1. The second kappa shape index (κ2) is 6.94. The topological polar surface area (TPSA) is 49.4 Å². The summed E-state index contributed by atoms with van der Waals surface area (Å²) in [5, 5.41) is 2.97. The highest BCUT2D eigenvalue weighted by atomic mass is 16.2. The van der Waals surface area contributed by atoms with Crippen molar-refractivity contribution in [3.8, 4) is 0 Å². The van der Waals surface area contributed by atoms with Crippen molar-refractivity contribution in [2.75, 3.05) is 16.8 Å². The first-order valence-electron chi connectivity index (χ1n) is 9.50. The summed E-state index contributed by atoms with van der Waals surface area (Å²) >= 11 is 0. The Morgan fingerprint density at radius 2 is 1.88 bits per heavy atom. The average molecular weight is 348 g/mol. The first kappa shape index (κ1) is 16.8. The Morgan fingerprint density at radius 3 is 2.58 bits per heavy atom. The third kappa shape index (κ3) is 3.36. The molecule has 1 heterocycles. The SMILES string of the molecule is CCCc1ccc(C(=O)Nc2ccc3c(c2)N(C(=O)C2CC2)CC3)cc1. The minimum Gasteiger partial charge on any atom is -0.322 e. The Labute approximate surface area is 154 Å². The minimum absolute atomic E-state index is 0.119. The van der Waals surface area contributed by atoms with Crippen LogP contribution in [0.1, 0.15) is 47.7 Å². The number of nitrogens with zero attached hydrogens (tertiary/aromatic N) is 1. The van der Waals surface area contributed by atoms with Gasteiger partial charge in [-0.05, 0) is 61.1 Å². The molecule has 2 aromatic rings. The summed E-state index contributed by atoms with van der Waals surface area (Å²) in [4.78, 5) is 26.9. The molecular weight excluding hydrogens is 324 g/mol. The summed E-state index contributed by atoms with van der Waals surface area (Å²) in [6.45, 7) is 2.90. The van der Waals surface area contributed by atoms with Crippen LogP contribution in [-0.2, 0) is 17.6 Å². The van der Waals surface area contributed by atoms with Gasteiger partial charge >= 0.3 is 0 Å². The molecule has 2 aromatic carbocycles. The Balaban J connectivity index is 1.49. The molecule has 1 aliphatic carbocycles. The van der Waals surface area contributed by atoms with Crippen LogP contribution in [0.25, 0.3) is 0 Å². The molecule has 134 valence electrons. The van der Waals surface area contributed by atoms with E-state index in [-0.39, 0.29) is 17.7 Å². The van der Waals surface area contributed by atoms with Crippen molar-refractivity contribution < 1.29 is 9.59 Å². The molecule has 1 saturated carbocycles. The maximum absolute atomic E-state index is 12.5. The van der Waals surface area contributed by atoms with Crippen molar-refractivity contribution in [2.45, 2.75) is 39.0 Å². The van der Waals surface area contributed by atoms with Gasteiger partial charge in [-0.25, -0.2) is 0 Å². The fourth-order valence-electron chi connectivity index (χ4n) is 3.55. The summed E-state index contributed by atoms with van der Waals surface area (Å²) in [5.41, 5.74) is 4.77. The van der Waals surface area contributed by atoms with Crippen LogP contribution < -0.4 is 10.2 Å². The Hall–Kier alpha value is -2.62. The normalized spacial score (nSPS) is 15.7. The lowest BCUT2D eigenvalue weighted by Crippen LogP contribution is -2.30. The third-order valence-electron chi connectivity index (χ3n) is 5.19. The van der Waals surface area contributed by atoms with Gasteiger partial charge in [0.05, 0.1) is 0 Å². The lowest BCUT2D eigenvalue weighted by molar-refractivity contribution is -0.119. The number of rotatable bonds is 5. The zero-order valence-electron chi connectivity index (χ0n) is 15.1. The van der Waals surface area contributed by atoms with Crippen molar-refractivity contribution in [3.63, 3.8) is 0 Å². The molecule has 1 fully saturated rings. The van der Waals surface area contributed by atoms with Crippen molar-refractivity contribution in [2.24, 2.45) is 5.92 Å². The molecular formula is C22H24N2O2. The van der Waals surface area contributed by atoms with E-state index < -0.39 is 0 Å². The van der Waals surface area contributed by atoms with E-state index in [1.165, 1.54) is 11.1 Å². The quantitative estimate of drug-likeness (QED) is 0.881. The first-order valence-corrected chi connectivity index (χ1v) is 9.50. The lowest BCUT2D eigenvalue weighted by Gasteiger charge is -2.18. The molecule has 1 N–H and O–H groups in total. The van der Waals surface area contributed by atoms with Gasteiger partial charge in [0.25, 0.3) is 5.91 Å². The van der Waals surface area contributed by atoms with E-state index in [9.17, 15) is 9.59 Å². The van der Waals surface area contributed by atoms with Crippen molar-refractivity contribution >= 4 is 23.2 Å². The number of amides is 2. The Kier molecular flexibility index (Phi) is 4.49. The highest BCUT2D eigenvalue weighted by molar-refractivity contribution is 6.05. The molecule has 0 saturated heterocycles. The maximum atomic E-state index is 12.5. The summed E-state index contributed by atoms with van der Waals surface area (Å²) in [5.74, 6) is 0.325. The standard InChI is InChI=1S/C22H24N2O2/c1-2-3-15-4-6-17(7-5-15)21(25)23-19-11-10-16-12-13-24(20(16)14-19)22(26)18-8-9-18/h4-7,10-11,14,18H,2-3,8-9,12-13H2,1H3,(H,23,25). The lowest BCUT2D eigenvalue weighted by atomic mass is 10.1. The zero-order chi connectivity index (χ0) is 18.1. The van der Waals surface area contributed by atoms with Gasteiger partial charge in [-0.15, -0.1) is 0 Å². The highest BCUT2D eigenvalue weighted by Gasteiger charge is 2.36. The average Bonchev–Trinajstić information content (AvgIpc) is 3.42. The second-order valence-electron chi connectivity index (χ2n) is 7.26. The van der Waals surface area contributed by atoms with Crippen LogP contribution in [0.2, 0.25) is 0 Å². The number of anilines is 2. The summed E-state index contributed by atoms with van der Waals surface area (Å²) in [7, 11) is 0. The van der Waals surface area contributed by atoms with E-state index in [4.69, 9.17) is 0 Å². The van der Waals surface area contributed by atoms with Crippen LogP contribution in [0.5, 0.6) is 0 Å². The van der Waals surface area contributed by atoms with Crippen molar-refractivity contribution in [3.05, 3.63) is 59.2 Å². The predicted molar refractivity (Wildman–Crippen MR) is 104 cm³/mol. The smallest absolute Gasteiger partial charge is 0.255 e. The van der Waals surface area contributed by atoms with Crippen LogP contribution in [-0.4, -0.2) is 18.4 Å². The first-order chi connectivity index (χ1) is 12.7. The van der Waals surface area contributed by atoms with E-state index >= 15 is 0 Å². The largest absolute Gasteiger partial charge is 0.322 e. The van der Waals surface area contributed by atoms with Crippen LogP contribution >= 0.6 is 0 Å². The van der Waals surface area contributed by atoms with Gasteiger partial charge in [0.2, 0.25) is 5.91 Å². The number of benzene rings is 2. The number of nitrogens with one attached hydrogen (secondary N) is 1. The van der Waals surface area contributed by atoms with Gasteiger partial charge in [0, 0.05) is 29.4 Å². The number of carbonyl (C=O) groups is 2. The molecule has 0 radical (unpaired) electrons. The molecule has 0 atom stereocenters. The molecule has 4 nitrogen and oxygen atoms in total. The predicted octanol–water partition coefficient (Wildman–Crippen LogP) is 4.19. The van der Waals surface area contributed by atoms with Crippen LogP contribution in [0.15, 0.2) is 42.5 Å². The minimum atomic E-state index is -0.119.